The Bertz CT molecular complexity index is 476. The molecule has 0 amide bonds. The maximum atomic E-state index is 14.4. The van der Waals surface area contributed by atoms with Gasteiger partial charge in [0.2, 0.25) is 0 Å². The SMILES string of the molecule is COC(C1CCCCC1)C(NN)c1c(F)ccc(C)c1F. The molecule has 2 unspecified atom stereocenters. The quantitative estimate of drug-likeness (QED) is 0.647. The highest BCUT2D eigenvalue weighted by molar-refractivity contribution is 5.30. The van der Waals surface area contributed by atoms with Crippen molar-refractivity contribution >= 4 is 0 Å². The molecule has 5 heteroatoms. The van der Waals surface area contributed by atoms with E-state index >= 15 is 0 Å². The molecule has 3 nitrogen and oxygen atoms in total. The average molecular weight is 298 g/mol. The zero-order chi connectivity index (χ0) is 15.4. The average Bonchev–Trinajstić information content (AvgIpc) is 2.51. The fourth-order valence-electron chi connectivity index (χ4n) is 3.37. The molecule has 1 aromatic carbocycles. The molecule has 1 aliphatic carbocycles. The van der Waals surface area contributed by atoms with Crippen LogP contribution in [0.5, 0.6) is 0 Å². The lowest BCUT2D eigenvalue weighted by Gasteiger charge is -2.35. The smallest absolute Gasteiger partial charge is 0.133 e. The molecule has 2 rings (SSSR count). The molecule has 0 aromatic heterocycles. The topological polar surface area (TPSA) is 47.3 Å². The summed E-state index contributed by atoms with van der Waals surface area (Å²) >= 11 is 0. The molecule has 1 aliphatic rings. The van der Waals surface area contributed by atoms with E-state index in [1.165, 1.54) is 18.6 Å². The first-order valence-corrected chi connectivity index (χ1v) is 7.53. The highest BCUT2D eigenvalue weighted by Crippen LogP contribution is 2.35. The number of hydrogen-bond donors (Lipinski definition) is 2. The van der Waals surface area contributed by atoms with E-state index in [0.29, 0.717) is 5.56 Å². The highest BCUT2D eigenvalue weighted by Gasteiger charge is 2.34. The van der Waals surface area contributed by atoms with Gasteiger partial charge in [0.15, 0.2) is 0 Å². The summed E-state index contributed by atoms with van der Waals surface area (Å²) in [6.45, 7) is 1.62. The number of rotatable bonds is 5. The number of methoxy groups -OCH3 is 1. The Kier molecular flexibility index (Phi) is 5.67. The third-order valence-electron chi connectivity index (χ3n) is 4.53. The fourth-order valence-corrected chi connectivity index (χ4v) is 3.37. The molecule has 2 atom stereocenters. The van der Waals surface area contributed by atoms with E-state index in [0.717, 1.165) is 25.7 Å². The van der Waals surface area contributed by atoms with Crippen LogP contribution in [-0.4, -0.2) is 13.2 Å². The summed E-state index contributed by atoms with van der Waals surface area (Å²) in [6.07, 6.45) is 5.14. The number of aryl methyl sites for hydroxylation is 1. The largest absolute Gasteiger partial charge is 0.379 e. The summed E-state index contributed by atoms with van der Waals surface area (Å²) in [5, 5.41) is 0. The van der Waals surface area contributed by atoms with Gasteiger partial charge in [0.05, 0.1) is 12.1 Å². The van der Waals surface area contributed by atoms with Crippen molar-refractivity contribution in [3.8, 4) is 0 Å². The van der Waals surface area contributed by atoms with Gasteiger partial charge in [-0.15, -0.1) is 0 Å². The van der Waals surface area contributed by atoms with Crippen LogP contribution in [0.15, 0.2) is 12.1 Å². The minimum atomic E-state index is -0.682. The molecule has 1 fully saturated rings. The van der Waals surface area contributed by atoms with E-state index in [9.17, 15) is 8.78 Å². The Morgan fingerprint density at radius 1 is 1.24 bits per heavy atom. The van der Waals surface area contributed by atoms with Crippen molar-refractivity contribution in [2.24, 2.45) is 11.8 Å². The minimum absolute atomic E-state index is 0.0186. The van der Waals surface area contributed by atoms with Gasteiger partial charge in [-0.1, -0.05) is 25.3 Å². The Balaban J connectivity index is 2.35. The van der Waals surface area contributed by atoms with Gasteiger partial charge in [-0.05, 0) is 37.3 Å². The molecule has 3 N–H and O–H groups in total. The van der Waals surface area contributed by atoms with Crippen molar-refractivity contribution in [2.75, 3.05) is 7.11 Å². The standard InChI is InChI=1S/C16H24F2N2O/c1-10-8-9-12(17)13(14(10)18)15(20-19)16(21-2)11-6-4-3-5-7-11/h8-9,11,15-16,20H,3-7,19H2,1-2H3. The highest BCUT2D eigenvalue weighted by atomic mass is 19.1. The van der Waals surface area contributed by atoms with Crippen LogP contribution < -0.4 is 11.3 Å². The normalized spacial score (nSPS) is 19.5. The van der Waals surface area contributed by atoms with E-state index in [1.54, 1.807) is 14.0 Å². The molecular formula is C16H24F2N2O. The number of nitrogens with one attached hydrogen (secondary N) is 1. The molecule has 0 saturated heterocycles. The third-order valence-corrected chi connectivity index (χ3v) is 4.53. The summed E-state index contributed by atoms with van der Waals surface area (Å²) in [4.78, 5) is 0. The summed E-state index contributed by atoms with van der Waals surface area (Å²) in [5.74, 6) is 4.75. The first kappa shape index (κ1) is 16.3. The van der Waals surface area contributed by atoms with Gasteiger partial charge < -0.3 is 4.74 Å². The first-order valence-electron chi connectivity index (χ1n) is 7.53. The van der Waals surface area contributed by atoms with E-state index in [4.69, 9.17) is 10.6 Å². The van der Waals surface area contributed by atoms with E-state index < -0.39 is 17.7 Å². The summed E-state index contributed by atoms with van der Waals surface area (Å²) in [5.41, 5.74) is 2.96. The molecule has 118 valence electrons. The molecular weight excluding hydrogens is 274 g/mol. The van der Waals surface area contributed by atoms with Crippen molar-refractivity contribution in [3.05, 3.63) is 34.9 Å². The van der Waals surface area contributed by atoms with Crippen LogP contribution >= 0.6 is 0 Å². The predicted molar refractivity (Wildman–Crippen MR) is 78.5 cm³/mol. The minimum Gasteiger partial charge on any atom is -0.379 e. The van der Waals surface area contributed by atoms with Crippen LogP contribution in [-0.2, 0) is 4.74 Å². The summed E-state index contributed by atoms with van der Waals surface area (Å²) in [6, 6.07) is 2.04. The van der Waals surface area contributed by atoms with E-state index in [2.05, 4.69) is 5.43 Å². The summed E-state index contributed by atoms with van der Waals surface area (Å²) in [7, 11) is 1.58. The van der Waals surface area contributed by atoms with Gasteiger partial charge in [-0.25, -0.2) is 8.78 Å². The van der Waals surface area contributed by atoms with Gasteiger partial charge in [0.25, 0.3) is 0 Å². The first-order chi connectivity index (χ1) is 10.1. The molecule has 0 aliphatic heterocycles. The van der Waals surface area contributed by atoms with Gasteiger partial charge in [0, 0.05) is 12.7 Å². The summed E-state index contributed by atoms with van der Waals surface area (Å²) < 4.78 is 34.1. The lowest BCUT2D eigenvalue weighted by molar-refractivity contribution is 0.00571. The van der Waals surface area contributed by atoms with Crippen LogP contribution in [0.1, 0.15) is 49.3 Å². The molecule has 0 heterocycles. The monoisotopic (exact) mass is 298 g/mol. The second-order valence-electron chi connectivity index (χ2n) is 5.83. The molecule has 21 heavy (non-hydrogen) atoms. The lowest BCUT2D eigenvalue weighted by atomic mass is 9.80. The zero-order valence-corrected chi connectivity index (χ0v) is 12.7. The Hall–Kier alpha value is -1.04. The van der Waals surface area contributed by atoms with Gasteiger partial charge in [-0.2, -0.15) is 0 Å². The van der Waals surface area contributed by atoms with E-state index in [1.807, 2.05) is 0 Å². The van der Waals surface area contributed by atoms with Crippen molar-refractivity contribution < 1.29 is 13.5 Å². The molecule has 0 radical (unpaired) electrons. The van der Waals surface area contributed by atoms with E-state index in [-0.39, 0.29) is 17.6 Å². The van der Waals surface area contributed by atoms with Crippen LogP contribution in [0.3, 0.4) is 0 Å². The predicted octanol–water partition coefficient (Wildman–Crippen LogP) is 3.37. The number of hydrogen-bond acceptors (Lipinski definition) is 3. The van der Waals surface area contributed by atoms with Gasteiger partial charge in [-0.3, -0.25) is 11.3 Å². The van der Waals surface area contributed by atoms with Crippen molar-refractivity contribution in [3.63, 3.8) is 0 Å². The maximum Gasteiger partial charge on any atom is 0.133 e. The zero-order valence-electron chi connectivity index (χ0n) is 12.7. The third kappa shape index (κ3) is 3.42. The van der Waals surface area contributed by atoms with Crippen LogP contribution in [0.2, 0.25) is 0 Å². The van der Waals surface area contributed by atoms with Crippen LogP contribution in [0.4, 0.5) is 8.78 Å². The number of hydrazine groups is 1. The van der Waals surface area contributed by atoms with Crippen molar-refractivity contribution in [2.45, 2.75) is 51.2 Å². The van der Waals surface area contributed by atoms with Crippen LogP contribution in [0.25, 0.3) is 0 Å². The Morgan fingerprint density at radius 2 is 1.90 bits per heavy atom. The molecule has 0 bridgehead atoms. The number of ether oxygens (including phenoxy) is 1. The maximum absolute atomic E-state index is 14.4. The second kappa shape index (κ2) is 7.29. The van der Waals surface area contributed by atoms with Crippen LogP contribution in [0, 0.1) is 24.5 Å². The number of nitrogens with two attached hydrogens (primary N) is 1. The van der Waals surface area contributed by atoms with Gasteiger partial charge in [0.1, 0.15) is 11.6 Å². The van der Waals surface area contributed by atoms with Crippen molar-refractivity contribution in [1.29, 1.82) is 0 Å². The number of benzene rings is 1. The molecule has 1 saturated carbocycles. The Morgan fingerprint density at radius 3 is 2.48 bits per heavy atom. The Labute approximate surface area is 124 Å². The van der Waals surface area contributed by atoms with Gasteiger partial charge >= 0.3 is 0 Å². The molecule has 1 aromatic rings. The second-order valence-corrected chi connectivity index (χ2v) is 5.83. The molecule has 0 spiro atoms. The van der Waals surface area contributed by atoms with Crippen molar-refractivity contribution in [1.82, 2.24) is 5.43 Å². The number of halogens is 2. The lowest BCUT2D eigenvalue weighted by Crippen LogP contribution is -2.43. The fraction of sp³-hybridized carbons (Fsp3) is 0.625.